The number of nitrogen functional groups attached to an aromatic ring is 2. The maximum atomic E-state index is 11.9. The molecule has 2 aromatic rings. The number of halogens is 1. The lowest BCUT2D eigenvalue weighted by Crippen LogP contribution is -3.00. The van der Waals surface area contributed by atoms with Crippen LogP contribution in [0.15, 0.2) is 35.7 Å². The standard InChI is InChI=1S/C11H10N2OS.ClH/c12-8-4-3-7(6-9(8)13)11(14)10-2-1-5-15-10;/h1-6H,12-13H2;1H. The number of hydrogen-bond acceptors (Lipinski definition) is 4. The van der Waals surface area contributed by atoms with Gasteiger partial charge in [0, 0.05) is 5.56 Å². The topological polar surface area (TPSA) is 69.1 Å². The summed E-state index contributed by atoms with van der Waals surface area (Å²) >= 11 is 1.41. The number of benzene rings is 1. The molecule has 2 rings (SSSR count). The summed E-state index contributed by atoms with van der Waals surface area (Å²) < 4.78 is 0. The van der Waals surface area contributed by atoms with E-state index in [0.717, 1.165) is 0 Å². The first kappa shape index (κ1) is 12.5. The van der Waals surface area contributed by atoms with Gasteiger partial charge in [-0.2, -0.15) is 0 Å². The molecule has 0 fully saturated rings. The molecular weight excluding hydrogens is 244 g/mol. The Labute approximate surface area is 105 Å². The lowest BCUT2D eigenvalue weighted by molar-refractivity contribution is -0.0000103. The number of carbonyl (C=O) groups excluding carboxylic acids is 1. The maximum absolute atomic E-state index is 11.9. The molecule has 0 saturated carbocycles. The van der Waals surface area contributed by atoms with Gasteiger partial charge in [0.15, 0.2) is 0 Å². The highest BCUT2D eigenvalue weighted by Crippen LogP contribution is 2.20. The number of nitrogens with two attached hydrogens (primary N) is 2. The normalized spacial score (nSPS) is 9.50. The van der Waals surface area contributed by atoms with Gasteiger partial charge in [0.25, 0.3) is 0 Å². The summed E-state index contributed by atoms with van der Waals surface area (Å²) in [6, 6.07) is 8.58. The van der Waals surface area contributed by atoms with Crippen molar-refractivity contribution >= 4 is 28.5 Å². The molecule has 0 aliphatic rings. The third-order valence-corrected chi connectivity index (χ3v) is 2.96. The molecule has 1 heterocycles. The fourth-order valence-electron chi connectivity index (χ4n) is 1.27. The van der Waals surface area contributed by atoms with Crippen molar-refractivity contribution in [3.63, 3.8) is 0 Å². The molecule has 0 aliphatic carbocycles. The number of hydrogen-bond donors (Lipinski definition) is 2. The van der Waals surface area contributed by atoms with E-state index >= 15 is 0 Å². The Morgan fingerprint density at radius 2 is 1.94 bits per heavy atom. The number of anilines is 2. The Kier molecular flexibility index (Phi) is 3.93. The largest absolute Gasteiger partial charge is 1.00 e. The molecule has 3 nitrogen and oxygen atoms in total. The summed E-state index contributed by atoms with van der Waals surface area (Å²) in [5.41, 5.74) is 12.7. The molecular formula is C11H11ClN2OS. The van der Waals surface area contributed by atoms with Gasteiger partial charge in [0.05, 0.1) is 16.3 Å². The van der Waals surface area contributed by atoms with E-state index in [1.54, 1.807) is 24.3 Å². The highest BCUT2D eigenvalue weighted by atomic mass is 35.5. The zero-order valence-corrected chi connectivity index (χ0v) is 9.89. The van der Waals surface area contributed by atoms with Crippen molar-refractivity contribution < 1.29 is 18.6 Å². The highest BCUT2D eigenvalue weighted by Gasteiger charge is 2.10. The molecule has 0 unspecified atom stereocenters. The minimum atomic E-state index is -0.0169. The van der Waals surface area contributed by atoms with Gasteiger partial charge in [-0.05, 0) is 29.6 Å². The first-order chi connectivity index (χ1) is 7.18. The van der Waals surface area contributed by atoms with Gasteiger partial charge in [-0.25, -0.2) is 0 Å². The molecule has 0 bridgehead atoms. The molecule has 1 aromatic heterocycles. The molecule has 5 heteroatoms. The molecule has 0 spiro atoms. The first-order valence-electron chi connectivity index (χ1n) is 4.41. The highest BCUT2D eigenvalue weighted by molar-refractivity contribution is 7.12. The van der Waals surface area contributed by atoms with Crippen molar-refractivity contribution in [3.8, 4) is 0 Å². The van der Waals surface area contributed by atoms with Crippen LogP contribution in [0.4, 0.5) is 11.4 Å². The molecule has 0 radical (unpaired) electrons. The second kappa shape index (κ2) is 5.01. The number of rotatable bonds is 2. The number of carbonyl (C=O) groups is 1. The van der Waals surface area contributed by atoms with Crippen molar-refractivity contribution in [2.75, 3.05) is 11.5 Å². The monoisotopic (exact) mass is 254 g/mol. The van der Waals surface area contributed by atoms with Crippen LogP contribution in [-0.4, -0.2) is 5.78 Å². The third kappa shape index (κ3) is 2.35. The average molecular weight is 255 g/mol. The van der Waals surface area contributed by atoms with E-state index in [1.165, 1.54) is 11.3 Å². The van der Waals surface area contributed by atoms with Crippen molar-refractivity contribution in [1.29, 1.82) is 0 Å². The van der Waals surface area contributed by atoms with Crippen LogP contribution < -0.4 is 23.9 Å². The van der Waals surface area contributed by atoms with Gasteiger partial charge >= 0.3 is 1.43 Å². The zero-order chi connectivity index (χ0) is 10.8. The fourth-order valence-corrected chi connectivity index (χ4v) is 1.95. The summed E-state index contributed by atoms with van der Waals surface area (Å²) in [6.07, 6.45) is 0. The summed E-state index contributed by atoms with van der Waals surface area (Å²) in [7, 11) is 0. The Morgan fingerprint density at radius 1 is 1.19 bits per heavy atom. The SMILES string of the molecule is Nc1ccc(C(=O)c2cccs2)cc1N.[Cl-].[H+]. The van der Waals surface area contributed by atoms with Gasteiger partial charge in [0.1, 0.15) is 0 Å². The molecule has 16 heavy (non-hydrogen) atoms. The first-order valence-corrected chi connectivity index (χ1v) is 5.29. The molecule has 84 valence electrons. The number of thiophene rings is 1. The zero-order valence-electron chi connectivity index (χ0n) is 9.31. The number of ketones is 1. The van der Waals surface area contributed by atoms with E-state index in [0.29, 0.717) is 21.8 Å². The van der Waals surface area contributed by atoms with Gasteiger partial charge in [-0.15, -0.1) is 11.3 Å². The summed E-state index contributed by atoms with van der Waals surface area (Å²) in [4.78, 5) is 12.6. The predicted octanol–water partition coefficient (Wildman–Crippen LogP) is -0.740. The van der Waals surface area contributed by atoms with E-state index in [-0.39, 0.29) is 19.6 Å². The van der Waals surface area contributed by atoms with Crippen molar-refractivity contribution in [3.05, 3.63) is 46.2 Å². The van der Waals surface area contributed by atoms with Crippen LogP contribution in [0.5, 0.6) is 0 Å². The third-order valence-electron chi connectivity index (χ3n) is 2.09. The van der Waals surface area contributed by atoms with Crippen molar-refractivity contribution in [1.82, 2.24) is 0 Å². The Bertz CT molecular complexity index is 502. The van der Waals surface area contributed by atoms with Crippen LogP contribution in [0.1, 0.15) is 16.7 Å². The van der Waals surface area contributed by atoms with Crippen LogP contribution in [-0.2, 0) is 0 Å². The molecule has 0 aliphatic heterocycles. The van der Waals surface area contributed by atoms with Crippen LogP contribution in [0, 0.1) is 0 Å². The molecule has 0 amide bonds. The van der Waals surface area contributed by atoms with Gasteiger partial charge in [-0.3, -0.25) is 4.79 Å². The van der Waals surface area contributed by atoms with Gasteiger partial charge < -0.3 is 23.9 Å². The Balaban J connectivity index is 0.00000128. The van der Waals surface area contributed by atoms with E-state index in [1.807, 2.05) is 11.4 Å². The van der Waals surface area contributed by atoms with Crippen LogP contribution >= 0.6 is 11.3 Å². The molecule has 1 aromatic carbocycles. The molecule has 0 saturated heterocycles. The van der Waals surface area contributed by atoms with Gasteiger partial charge in [0.2, 0.25) is 5.78 Å². The van der Waals surface area contributed by atoms with E-state index < -0.39 is 0 Å². The fraction of sp³-hybridized carbons (Fsp3) is 0. The minimum Gasteiger partial charge on any atom is -1.00 e. The summed E-state index contributed by atoms with van der Waals surface area (Å²) in [5.74, 6) is -0.0169. The van der Waals surface area contributed by atoms with Crippen molar-refractivity contribution in [2.45, 2.75) is 0 Å². The quantitative estimate of drug-likeness (QED) is 0.548. The predicted molar refractivity (Wildman–Crippen MR) is 64.1 cm³/mol. The van der Waals surface area contributed by atoms with Crippen LogP contribution in [0.3, 0.4) is 0 Å². The van der Waals surface area contributed by atoms with Crippen LogP contribution in [0.2, 0.25) is 0 Å². The average Bonchev–Trinajstić information content (AvgIpc) is 2.74. The molecule has 4 N–H and O–H groups in total. The lowest BCUT2D eigenvalue weighted by atomic mass is 10.1. The van der Waals surface area contributed by atoms with Gasteiger partial charge in [-0.1, -0.05) is 6.07 Å². The maximum Gasteiger partial charge on any atom is 1.00 e. The van der Waals surface area contributed by atoms with Crippen LogP contribution in [0.25, 0.3) is 0 Å². The van der Waals surface area contributed by atoms with Crippen molar-refractivity contribution in [2.24, 2.45) is 0 Å². The Hall–Kier alpha value is -1.52. The van der Waals surface area contributed by atoms with E-state index in [4.69, 9.17) is 11.5 Å². The lowest BCUT2D eigenvalue weighted by Gasteiger charge is -2.02. The minimum absolute atomic E-state index is 0. The van der Waals surface area contributed by atoms with E-state index in [2.05, 4.69) is 0 Å². The second-order valence-electron chi connectivity index (χ2n) is 3.15. The van der Waals surface area contributed by atoms with E-state index in [9.17, 15) is 4.79 Å². The summed E-state index contributed by atoms with van der Waals surface area (Å²) in [6.45, 7) is 0. The molecule has 0 atom stereocenters. The Morgan fingerprint density at radius 3 is 2.50 bits per heavy atom. The second-order valence-corrected chi connectivity index (χ2v) is 4.10. The summed E-state index contributed by atoms with van der Waals surface area (Å²) in [5, 5.41) is 1.87. The smallest absolute Gasteiger partial charge is 1.00 e.